The number of nitrogens with two attached hydrogens (primary N) is 1. The molecule has 0 aromatic heterocycles. The van der Waals surface area contributed by atoms with Gasteiger partial charge in [0.1, 0.15) is 5.75 Å². The Morgan fingerprint density at radius 2 is 2.00 bits per heavy atom. The molecule has 1 fully saturated rings. The van der Waals surface area contributed by atoms with E-state index >= 15 is 0 Å². The second-order valence-electron chi connectivity index (χ2n) is 4.61. The van der Waals surface area contributed by atoms with E-state index in [-0.39, 0.29) is 16.2 Å². The monoisotopic (exact) mass is 264 g/mol. The number of thiocarbonyl (C=S) groups is 1. The van der Waals surface area contributed by atoms with Gasteiger partial charge in [-0.2, -0.15) is 0 Å². The maximum atomic E-state index is 11.6. The summed E-state index contributed by atoms with van der Waals surface area (Å²) in [7, 11) is -3.33. The van der Waals surface area contributed by atoms with Crippen LogP contribution in [0.2, 0.25) is 0 Å². The molecule has 6 heteroatoms. The van der Waals surface area contributed by atoms with Crippen molar-refractivity contribution in [2.45, 2.75) is 39.0 Å². The molecular weight excluding hydrogens is 244 g/mol. The minimum atomic E-state index is -3.33. The summed E-state index contributed by atoms with van der Waals surface area (Å²) in [5.41, 5.74) is 5.40. The van der Waals surface area contributed by atoms with Crippen LogP contribution in [0, 0.1) is 5.41 Å². The molecule has 3 N–H and O–H groups in total. The molecule has 0 aliphatic heterocycles. The molecule has 1 aliphatic rings. The Labute approximate surface area is 103 Å². The van der Waals surface area contributed by atoms with E-state index in [0.29, 0.717) is 6.54 Å². The maximum Gasteiger partial charge on any atom is 0.218 e. The van der Waals surface area contributed by atoms with Crippen LogP contribution in [0.4, 0.5) is 0 Å². The first-order valence-corrected chi connectivity index (χ1v) is 7.71. The SMILES string of the molecule is CCC1(CNS(=O)(=O)CC(N)=S)CCCC1. The smallest absolute Gasteiger partial charge is 0.218 e. The van der Waals surface area contributed by atoms with Gasteiger partial charge in [0.2, 0.25) is 10.0 Å². The largest absolute Gasteiger partial charge is 0.392 e. The van der Waals surface area contributed by atoms with Crippen molar-refractivity contribution in [3.05, 3.63) is 0 Å². The molecule has 0 amide bonds. The number of hydrogen-bond donors (Lipinski definition) is 2. The van der Waals surface area contributed by atoms with Gasteiger partial charge in [-0.15, -0.1) is 0 Å². The molecule has 0 radical (unpaired) electrons. The summed E-state index contributed by atoms with van der Waals surface area (Å²) in [5.74, 6) is -0.248. The van der Waals surface area contributed by atoms with E-state index in [1.54, 1.807) is 0 Å². The van der Waals surface area contributed by atoms with E-state index in [2.05, 4.69) is 23.9 Å². The average Bonchev–Trinajstić information content (AvgIpc) is 2.62. The second kappa shape index (κ2) is 5.42. The zero-order chi connectivity index (χ0) is 12.2. The van der Waals surface area contributed by atoms with Gasteiger partial charge >= 0.3 is 0 Å². The predicted octanol–water partition coefficient (Wildman–Crippen LogP) is 1.16. The molecule has 0 aromatic rings. The van der Waals surface area contributed by atoms with Crippen molar-refractivity contribution >= 4 is 27.2 Å². The number of sulfonamides is 1. The second-order valence-corrected chi connectivity index (χ2v) is 6.94. The normalized spacial score (nSPS) is 19.8. The Bertz CT molecular complexity index is 346. The molecule has 4 nitrogen and oxygen atoms in total. The van der Waals surface area contributed by atoms with Crippen LogP contribution in [0.25, 0.3) is 0 Å². The van der Waals surface area contributed by atoms with E-state index in [1.165, 1.54) is 12.8 Å². The van der Waals surface area contributed by atoms with Crippen LogP contribution < -0.4 is 10.5 Å². The Morgan fingerprint density at radius 3 is 2.44 bits per heavy atom. The van der Waals surface area contributed by atoms with Gasteiger partial charge in [-0.05, 0) is 24.7 Å². The van der Waals surface area contributed by atoms with Gasteiger partial charge in [-0.3, -0.25) is 0 Å². The van der Waals surface area contributed by atoms with E-state index in [4.69, 9.17) is 5.73 Å². The zero-order valence-electron chi connectivity index (χ0n) is 9.66. The highest BCUT2D eigenvalue weighted by Crippen LogP contribution is 2.40. The van der Waals surface area contributed by atoms with E-state index in [9.17, 15) is 8.42 Å². The quantitative estimate of drug-likeness (QED) is 0.706. The summed E-state index contributed by atoms with van der Waals surface area (Å²) in [5, 5.41) is 0. The van der Waals surface area contributed by atoms with Crippen LogP contribution in [-0.4, -0.2) is 25.7 Å². The van der Waals surface area contributed by atoms with Gasteiger partial charge in [0.25, 0.3) is 0 Å². The molecule has 0 spiro atoms. The fourth-order valence-corrected chi connectivity index (χ4v) is 3.75. The van der Waals surface area contributed by atoms with Crippen LogP contribution in [0.3, 0.4) is 0 Å². The fourth-order valence-electron chi connectivity index (χ4n) is 2.28. The summed E-state index contributed by atoms with van der Waals surface area (Å²) in [6.45, 7) is 2.64. The lowest BCUT2D eigenvalue weighted by molar-refractivity contribution is 0.286. The standard InChI is InChI=1S/C10H20N2O2S2/c1-2-10(5-3-4-6-10)8-12-16(13,14)7-9(11)15/h12H,2-8H2,1H3,(H2,11,15). The summed E-state index contributed by atoms with van der Waals surface area (Å²) < 4.78 is 25.8. The highest BCUT2D eigenvalue weighted by Gasteiger charge is 2.32. The zero-order valence-corrected chi connectivity index (χ0v) is 11.3. The molecule has 1 rings (SSSR count). The molecular formula is C10H20N2O2S2. The molecule has 1 aliphatic carbocycles. The fraction of sp³-hybridized carbons (Fsp3) is 0.900. The maximum absolute atomic E-state index is 11.6. The Hall–Kier alpha value is -0.200. The third-order valence-electron chi connectivity index (χ3n) is 3.41. The van der Waals surface area contributed by atoms with Gasteiger partial charge in [-0.25, -0.2) is 13.1 Å². The van der Waals surface area contributed by atoms with Crippen molar-refractivity contribution in [3.63, 3.8) is 0 Å². The van der Waals surface area contributed by atoms with Crippen LogP contribution in [-0.2, 0) is 10.0 Å². The van der Waals surface area contributed by atoms with Crippen molar-refractivity contribution in [2.24, 2.45) is 11.1 Å². The van der Waals surface area contributed by atoms with Gasteiger partial charge < -0.3 is 5.73 Å². The molecule has 0 saturated heterocycles. The molecule has 16 heavy (non-hydrogen) atoms. The summed E-state index contributed by atoms with van der Waals surface area (Å²) in [6, 6.07) is 0. The van der Waals surface area contributed by atoms with Crippen molar-refractivity contribution in [1.29, 1.82) is 0 Å². The van der Waals surface area contributed by atoms with Crippen LogP contribution in [0.15, 0.2) is 0 Å². The average molecular weight is 264 g/mol. The first-order chi connectivity index (χ1) is 7.39. The first kappa shape index (κ1) is 13.9. The van der Waals surface area contributed by atoms with Gasteiger partial charge in [0.05, 0.1) is 4.99 Å². The Morgan fingerprint density at radius 1 is 1.44 bits per heavy atom. The van der Waals surface area contributed by atoms with Crippen molar-refractivity contribution < 1.29 is 8.42 Å². The third-order valence-corrected chi connectivity index (χ3v) is 5.02. The molecule has 0 unspecified atom stereocenters. The van der Waals surface area contributed by atoms with E-state index in [1.807, 2.05) is 0 Å². The highest BCUT2D eigenvalue weighted by molar-refractivity contribution is 7.92. The molecule has 0 aromatic carbocycles. The first-order valence-electron chi connectivity index (χ1n) is 5.65. The molecule has 94 valence electrons. The van der Waals surface area contributed by atoms with E-state index in [0.717, 1.165) is 19.3 Å². The molecule has 0 atom stereocenters. The summed E-state index contributed by atoms with van der Waals surface area (Å²) in [4.78, 5) is 0.0180. The number of hydrogen-bond acceptors (Lipinski definition) is 3. The van der Waals surface area contributed by atoms with Crippen LogP contribution in [0.1, 0.15) is 39.0 Å². The molecule has 0 heterocycles. The topological polar surface area (TPSA) is 72.2 Å². The Balaban J connectivity index is 2.52. The molecule has 1 saturated carbocycles. The van der Waals surface area contributed by atoms with E-state index < -0.39 is 10.0 Å². The van der Waals surface area contributed by atoms with Crippen LogP contribution >= 0.6 is 12.2 Å². The van der Waals surface area contributed by atoms with Gasteiger partial charge in [0, 0.05) is 6.54 Å². The lowest BCUT2D eigenvalue weighted by Gasteiger charge is -2.27. The summed E-state index contributed by atoms with van der Waals surface area (Å²) >= 11 is 4.61. The number of nitrogens with one attached hydrogen (secondary N) is 1. The number of rotatable bonds is 6. The lowest BCUT2D eigenvalue weighted by atomic mass is 9.84. The lowest BCUT2D eigenvalue weighted by Crippen LogP contribution is -2.39. The third kappa shape index (κ3) is 3.99. The predicted molar refractivity (Wildman–Crippen MR) is 69.8 cm³/mol. The van der Waals surface area contributed by atoms with Gasteiger partial charge in [-0.1, -0.05) is 32.0 Å². The molecule has 0 bridgehead atoms. The minimum Gasteiger partial charge on any atom is -0.392 e. The van der Waals surface area contributed by atoms with Crippen molar-refractivity contribution in [1.82, 2.24) is 4.72 Å². The highest BCUT2D eigenvalue weighted by atomic mass is 32.2. The van der Waals surface area contributed by atoms with Gasteiger partial charge in [0.15, 0.2) is 0 Å². The van der Waals surface area contributed by atoms with Crippen LogP contribution in [0.5, 0.6) is 0 Å². The van der Waals surface area contributed by atoms with Crippen molar-refractivity contribution in [3.8, 4) is 0 Å². The minimum absolute atomic E-state index is 0.0180. The Kier molecular flexibility index (Phi) is 4.70. The summed E-state index contributed by atoms with van der Waals surface area (Å²) in [6.07, 6.45) is 5.64. The van der Waals surface area contributed by atoms with Crippen molar-refractivity contribution in [2.75, 3.05) is 12.3 Å².